The fourth-order valence-corrected chi connectivity index (χ4v) is 0.900. The van der Waals surface area contributed by atoms with Crippen molar-refractivity contribution in [3.05, 3.63) is 36.0 Å². The fourth-order valence-electron chi connectivity index (χ4n) is 0.900. The summed E-state index contributed by atoms with van der Waals surface area (Å²) in [5, 5.41) is 0. The molecule has 0 aliphatic heterocycles. The third kappa shape index (κ3) is 1.69. The molecule has 0 fully saturated rings. The summed E-state index contributed by atoms with van der Waals surface area (Å²) in [6.07, 6.45) is 9.92. The van der Waals surface area contributed by atoms with Gasteiger partial charge in [-0.2, -0.15) is 0 Å². The van der Waals surface area contributed by atoms with Crippen LogP contribution >= 0.6 is 0 Å². The topological polar surface area (TPSA) is 17.1 Å². The van der Waals surface area contributed by atoms with Crippen LogP contribution in [0.2, 0.25) is 0 Å². The minimum Gasteiger partial charge on any atom is -0.294 e. The molecule has 1 heteroatoms. The molecule has 1 aliphatic rings. The van der Waals surface area contributed by atoms with Gasteiger partial charge in [0, 0.05) is 6.42 Å². The first-order valence-electron chi connectivity index (χ1n) is 3.36. The molecule has 0 heterocycles. The first kappa shape index (κ1) is 7.00. The molecule has 0 saturated heterocycles. The van der Waals surface area contributed by atoms with E-state index in [4.69, 9.17) is 0 Å². The Morgan fingerprint density at radius 1 is 1.60 bits per heavy atom. The molecule has 1 rings (SSSR count). The van der Waals surface area contributed by atoms with Crippen molar-refractivity contribution in [2.24, 2.45) is 0 Å². The van der Waals surface area contributed by atoms with Crippen molar-refractivity contribution >= 4 is 5.78 Å². The van der Waals surface area contributed by atoms with Gasteiger partial charge in [0.05, 0.1) is 0 Å². The van der Waals surface area contributed by atoms with E-state index < -0.39 is 0 Å². The van der Waals surface area contributed by atoms with Crippen molar-refractivity contribution < 1.29 is 4.79 Å². The van der Waals surface area contributed by atoms with Crippen LogP contribution in [0.1, 0.15) is 13.3 Å². The maximum Gasteiger partial charge on any atom is 0.160 e. The molecule has 52 valence electrons. The number of carbonyl (C=O) groups is 1. The van der Waals surface area contributed by atoms with E-state index in [0.717, 1.165) is 5.57 Å². The van der Waals surface area contributed by atoms with Crippen LogP contribution in [-0.4, -0.2) is 5.78 Å². The van der Waals surface area contributed by atoms with Gasteiger partial charge in [-0.3, -0.25) is 4.79 Å². The molecule has 0 unspecified atom stereocenters. The molecule has 0 amide bonds. The summed E-state index contributed by atoms with van der Waals surface area (Å²) in [4.78, 5) is 10.8. The molecular formula is C9H10O. The third-order valence-corrected chi connectivity index (χ3v) is 1.32. The van der Waals surface area contributed by atoms with E-state index in [9.17, 15) is 4.79 Å². The number of hydrogen-bond donors (Lipinski definition) is 0. The summed E-state index contributed by atoms with van der Waals surface area (Å²) >= 11 is 0. The third-order valence-electron chi connectivity index (χ3n) is 1.32. The Hall–Kier alpha value is -1.11. The van der Waals surface area contributed by atoms with Gasteiger partial charge in [0.15, 0.2) is 5.78 Å². The maximum atomic E-state index is 10.8. The minimum atomic E-state index is 0.190. The number of rotatable bonds is 1. The van der Waals surface area contributed by atoms with E-state index >= 15 is 0 Å². The SMILES string of the molecule is CC=CC1=CC(=O)CC=C1. The zero-order valence-electron chi connectivity index (χ0n) is 6.00. The summed E-state index contributed by atoms with van der Waals surface area (Å²) < 4.78 is 0. The Balaban J connectivity index is 2.76. The Labute approximate surface area is 60.7 Å². The van der Waals surface area contributed by atoms with Crippen molar-refractivity contribution in [1.82, 2.24) is 0 Å². The van der Waals surface area contributed by atoms with E-state index in [2.05, 4.69) is 0 Å². The molecule has 1 aliphatic carbocycles. The van der Waals surface area contributed by atoms with Crippen LogP contribution in [0, 0.1) is 0 Å². The molecule has 0 saturated carbocycles. The quantitative estimate of drug-likeness (QED) is 0.536. The molecule has 0 aromatic rings. The van der Waals surface area contributed by atoms with Crippen LogP contribution in [0.25, 0.3) is 0 Å². The van der Waals surface area contributed by atoms with Crippen LogP contribution in [0.15, 0.2) is 36.0 Å². The van der Waals surface area contributed by atoms with Crippen LogP contribution in [-0.2, 0) is 4.79 Å². The number of carbonyl (C=O) groups excluding carboxylic acids is 1. The molecule has 0 atom stereocenters. The van der Waals surface area contributed by atoms with Gasteiger partial charge in [0.1, 0.15) is 0 Å². The minimum absolute atomic E-state index is 0.190. The van der Waals surface area contributed by atoms with E-state index in [1.165, 1.54) is 0 Å². The Bertz CT molecular complexity index is 215. The van der Waals surface area contributed by atoms with Gasteiger partial charge in [0.25, 0.3) is 0 Å². The maximum absolute atomic E-state index is 10.8. The molecule has 0 spiro atoms. The van der Waals surface area contributed by atoms with Gasteiger partial charge < -0.3 is 0 Å². The summed E-state index contributed by atoms with van der Waals surface area (Å²) in [5.74, 6) is 0.190. The summed E-state index contributed by atoms with van der Waals surface area (Å²) in [5.41, 5.74) is 0.999. The summed E-state index contributed by atoms with van der Waals surface area (Å²) in [7, 11) is 0. The van der Waals surface area contributed by atoms with Crippen LogP contribution < -0.4 is 0 Å². The average molecular weight is 134 g/mol. The lowest BCUT2D eigenvalue weighted by Crippen LogP contribution is -1.95. The van der Waals surface area contributed by atoms with E-state index in [-0.39, 0.29) is 5.78 Å². The Kier molecular flexibility index (Phi) is 2.21. The number of allylic oxidation sites excluding steroid dienone is 6. The molecule has 0 radical (unpaired) electrons. The zero-order chi connectivity index (χ0) is 7.40. The molecule has 0 aromatic carbocycles. The molecule has 10 heavy (non-hydrogen) atoms. The van der Waals surface area contributed by atoms with Crippen molar-refractivity contribution in [3.8, 4) is 0 Å². The summed E-state index contributed by atoms with van der Waals surface area (Å²) in [6, 6.07) is 0. The second kappa shape index (κ2) is 3.16. The molecular weight excluding hydrogens is 124 g/mol. The molecule has 0 N–H and O–H groups in total. The smallest absolute Gasteiger partial charge is 0.160 e. The first-order valence-corrected chi connectivity index (χ1v) is 3.36. The largest absolute Gasteiger partial charge is 0.294 e. The second-order valence-corrected chi connectivity index (χ2v) is 2.22. The highest BCUT2D eigenvalue weighted by atomic mass is 16.1. The number of ketones is 1. The normalized spacial score (nSPS) is 18.1. The average Bonchev–Trinajstić information content (AvgIpc) is 1.88. The van der Waals surface area contributed by atoms with Gasteiger partial charge in [-0.1, -0.05) is 24.3 Å². The molecule has 0 bridgehead atoms. The van der Waals surface area contributed by atoms with Crippen molar-refractivity contribution in [2.45, 2.75) is 13.3 Å². The highest BCUT2D eigenvalue weighted by molar-refractivity contribution is 5.93. The highest BCUT2D eigenvalue weighted by Crippen LogP contribution is 2.07. The van der Waals surface area contributed by atoms with E-state index in [0.29, 0.717) is 6.42 Å². The predicted octanol–water partition coefficient (Wildman–Crippen LogP) is 2.02. The molecule has 0 aromatic heterocycles. The monoisotopic (exact) mass is 134 g/mol. The van der Waals surface area contributed by atoms with Gasteiger partial charge in [0.2, 0.25) is 0 Å². The lowest BCUT2D eigenvalue weighted by atomic mass is 10.1. The first-order chi connectivity index (χ1) is 4.83. The van der Waals surface area contributed by atoms with Gasteiger partial charge in [-0.05, 0) is 18.6 Å². The molecule has 1 nitrogen and oxygen atoms in total. The standard InChI is InChI=1S/C9H10O/c1-2-4-8-5-3-6-9(10)7-8/h2-5,7H,6H2,1H3. The van der Waals surface area contributed by atoms with Gasteiger partial charge in [-0.15, -0.1) is 0 Å². The number of hydrogen-bond acceptors (Lipinski definition) is 1. The second-order valence-electron chi connectivity index (χ2n) is 2.22. The van der Waals surface area contributed by atoms with Gasteiger partial charge >= 0.3 is 0 Å². The lowest BCUT2D eigenvalue weighted by Gasteiger charge is -1.98. The zero-order valence-corrected chi connectivity index (χ0v) is 6.00. The fraction of sp³-hybridized carbons (Fsp3) is 0.222. The van der Waals surface area contributed by atoms with E-state index in [1.807, 2.05) is 31.2 Å². The Morgan fingerprint density at radius 3 is 3.00 bits per heavy atom. The Morgan fingerprint density at radius 2 is 2.40 bits per heavy atom. The van der Waals surface area contributed by atoms with Crippen molar-refractivity contribution in [1.29, 1.82) is 0 Å². The van der Waals surface area contributed by atoms with Gasteiger partial charge in [-0.25, -0.2) is 0 Å². The van der Waals surface area contributed by atoms with Crippen LogP contribution in [0.4, 0.5) is 0 Å². The summed E-state index contributed by atoms with van der Waals surface area (Å²) in [6.45, 7) is 1.94. The predicted molar refractivity (Wildman–Crippen MR) is 41.7 cm³/mol. The van der Waals surface area contributed by atoms with Crippen LogP contribution in [0.3, 0.4) is 0 Å². The highest BCUT2D eigenvalue weighted by Gasteiger charge is 1.99. The van der Waals surface area contributed by atoms with Crippen LogP contribution in [0.5, 0.6) is 0 Å². The van der Waals surface area contributed by atoms with Crippen molar-refractivity contribution in [3.63, 3.8) is 0 Å². The van der Waals surface area contributed by atoms with Crippen molar-refractivity contribution in [2.75, 3.05) is 0 Å². The lowest BCUT2D eigenvalue weighted by molar-refractivity contribution is -0.113. The van der Waals surface area contributed by atoms with E-state index in [1.54, 1.807) is 6.08 Å².